The van der Waals surface area contributed by atoms with Gasteiger partial charge in [0, 0.05) is 12.0 Å². The van der Waals surface area contributed by atoms with Crippen molar-refractivity contribution >= 4 is 5.78 Å². The van der Waals surface area contributed by atoms with Crippen LogP contribution in [0.3, 0.4) is 0 Å². The van der Waals surface area contributed by atoms with Crippen LogP contribution in [0.15, 0.2) is 48.5 Å². The summed E-state index contributed by atoms with van der Waals surface area (Å²) in [6, 6.07) is 15.0. The second kappa shape index (κ2) is 11.4. The first-order valence-corrected chi connectivity index (χ1v) is 9.53. The predicted octanol–water partition coefficient (Wildman–Crippen LogP) is 2.93. The maximum atomic E-state index is 12.6. The molecule has 0 unspecified atom stereocenters. The van der Waals surface area contributed by atoms with E-state index in [2.05, 4.69) is 0 Å². The van der Waals surface area contributed by atoms with Gasteiger partial charge in [0.1, 0.15) is 13.2 Å². The Bertz CT molecular complexity index is 731. The molecule has 0 atom stereocenters. The van der Waals surface area contributed by atoms with Crippen molar-refractivity contribution in [3.63, 3.8) is 0 Å². The fourth-order valence-corrected chi connectivity index (χ4v) is 2.76. The van der Waals surface area contributed by atoms with Crippen molar-refractivity contribution in [2.24, 2.45) is 0 Å². The van der Waals surface area contributed by atoms with Crippen molar-refractivity contribution in [1.82, 2.24) is 0 Å². The first-order chi connectivity index (χ1) is 13.8. The van der Waals surface area contributed by atoms with Gasteiger partial charge >= 0.3 is 0 Å². The van der Waals surface area contributed by atoms with Crippen LogP contribution in [0, 0.1) is 0 Å². The Morgan fingerprint density at radius 1 is 0.679 bits per heavy atom. The summed E-state index contributed by atoms with van der Waals surface area (Å²) in [6.07, 6.45) is 0.345. The third-order valence-corrected chi connectivity index (χ3v) is 4.19. The molecule has 0 bridgehead atoms. The van der Waals surface area contributed by atoms with Crippen LogP contribution in [0.5, 0.6) is 11.5 Å². The molecule has 0 amide bonds. The molecule has 6 heteroatoms. The summed E-state index contributed by atoms with van der Waals surface area (Å²) in [6.45, 7) is 3.71. The highest BCUT2D eigenvalue weighted by Crippen LogP contribution is 2.29. The lowest BCUT2D eigenvalue weighted by molar-refractivity contribution is 0.00708. The molecule has 2 aromatic carbocycles. The number of carbonyl (C=O) groups is 1. The average Bonchev–Trinajstić information content (AvgIpc) is 2.73. The van der Waals surface area contributed by atoms with Gasteiger partial charge in [-0.25, -0.2) is 0 Å². The zero-order valence-electron chi connectivity index (χ0n) is 15.9. The zero-order chi connectivity index (χ0) is 19.4. The number of hydrogen-bond acceptors (Lipinski definition) is 6. The highest BCUT2D eigenvalue weighted by Gasteiger charge is 2.13. The van der Waals surface area contributed by atoms with Crippen LogP contribution in [-0.2, 0) is 20.6 Å². The monoisotopic (exact) mass is 386 g/mol. The van der Waals surface area contributed by atoms with Crippen LogP contribution in [0.4, 0.5) is 0 Å². The van der Waals surface area contributed by atoms with Gasteiger partial charge in [-0.3, -0.25) is 4.79 Å². The van der Waals surface area contributed by atoms with E-state index in [0.29, 0.717) is 76.3 Å². The van der Waals surface area contributed by atoms with Crippen LogP contribution in [0.25, 0.3) is 0 Å². The highest BCUT2D eigenvalue weighted by atomic mass is 16.6. The van der Waals surface area contributed by atoms with E-state index in [0.717, 1.165) is 5.56 Å². The standard InChI is InChI=1S/C22H26O6/c23-20(16-18-4-2-1-3-5-18)19-6-7-21-22(17-19)28-15-13-26-11-9-24-8-10-25-12-14-27-21/h1-7,17H,8-16H2. The number of ketones is 1. The Kier molecular flexibility index (Phi) is 8.30. The molecule has 0 saturated carbocycles. The van der Waals surface area contributed by atoms with Gasteiger partial charge in [0.2, 0.25) is 0 Å². The third kappa shape index (κ3) is 6.64. The number of benzene rings is 2. The van der Waals surface area contributed by atoms with Crippen molar-refractivity contribution in [2.75, 3.05) is 52.9 Å². The molecule has 3 rings (SSSR count). The molecule has 0 spiro atoms. The van der Waals surface area contributed by atoms with Gasteiger partial charge in [0.15, 0.2) is 17.3 Å². The summed E-state index contributed by atoms with van der Waals surface area (Å²) in [7, 11) is 0. The fraction of sp³-hybridized carbons (Fsp3) is 0.409. The van der Waals surface area contributed by atoms with E-state index in [-0.39, 0.29) is 5.78 Å². The largest absolute Gasteiger partial charge is 0.487 e. The van der Waals surface area contributed by atoms with Gasteiger partial charge in [-0.2, -0.15) is 0 Å². The molecule has 0 saturated heterocycles. The lowest BCUT2D eigenvalue weighted by Gasteiger charge is -2.14. The molecule has 0 aromatic heterocycles. The first kappa shape index (κ1) is 20.3. The second-order valence-corrected chi connectivity index (χ2v) is 6.28. The smallest absolute Gasteiger partial charge is 0.167 e. The second-order valence-electron chi connectivity index (χ2n) is 6.28. The number of Topliss-reactive ketones (excluding diaryl/α,β-unsaturated/α-hetero) is 1. The van der Waals surface area contributed by atoms with Gasteiger partial charge in [0.05, 0.1) is 39.6 Å². The normalized spacial score (nSPS) is 16.6. The van der Waals surface area contributed by atoms with Crippen LogP contribution in [0.2, 0.25) is 0 Å². The van der Waals surface area contributed by atoms with Crippen LogP contribution < -0.4 is 9.47 Å². The van der Waals surface area contributed by atoms with E-state index in [4.69, 9.17) is 23.7 Å². The molecule has 2 aromatic rings. The zero-order valence-corrected chi connectivity index (χ0v) is 15.9. The van der Waals surface area contributed by atoms with Gasteiger partial charge in [-0.1, -0.05) is 30.3 Å². The van der Waals surface area contributed by atoms with Crippen molar-refractivity contribution in [2.45, 2.75) is 6.42 Å². The van der Waals surface area contributed by atoms with Crippen molar-refractivity contribution < 1.29 is 28.5 Å². The highest BCUT2D eigenvalue weighted by molar-refractivity contribution is 5.98. The third-order valence-electron chi connectivity index (χ3n) is 4.19. The molecule has 0 aliphatic carbocycles. The number of carbonyl (C=O) groups excluding carboxylic acids is 1. The Labute approximate surface area is 165 Å². The molecule has 150 valence electrons. The summed E-state index contributed by atoms with van der Waals surface area (Å²) in [4.78, 5) is 12.6. The van der Waals surface area contributed by atoms with E-state index in [1.165, 1.54) is 0 Å². The van der Waals surface area contributed by atoms with E-state index >= 15 is 0 Å². The Hall–Kier alpha value is -2.41. The van der Waals surface area contributed by atoms with Gasteiger partial charge < -0.3 is 23.7 Å². The van der Waals surface area contributed by atoms with Gasteiger partial charge in [0.25, 0.3) is 0 Å². The molecule has 1 heterocycles. The Morgan fingerprint density at radius 2 is 1.25 bits per heavy atom. The number of rotatable bonds is 3. The molecule has 0 radical (unpaired) electrons. The Balaban J connectivity index is 1.68. The van der Waals surface area contributed by atoms with Crippen molar-refractivity contribution in [3.05, 3.63) is 59.7 Å². The summed E-state index contributed by atoms with van der Waals surface area (Å²) in [5.74, 6) is 1.16. The van der Waals surface area contributed by atoms with Crippen molar-refractivity contribution in [3.8, 4) is 11.5 Å². The minimum absolute atomic E-state index is 0.0326. The molecule has 0 fully saturated rings. The summed E-state index contributed by atoms with van der Waals surface area (Å²) >= 11 is 0. The quantitative estimate of drug-likeness (QED) is 0.756. The van der Waals surface area contributed by atoms with Gasteiger partial charge in [-0.15, -0.1) is 0 Å². The average molecular weight is 386 g/mol. The molecule has 1 aliphatic rings. The topological polar surface area (TPSA) is 63.2 Å². The molecular formula is C22H26O6. The maximum Gasteiger partial charge on any atom is 0.167 e. The molecule has 6 nitrogen and oxygen atoms in total. The van der Waals surface area contributed by atoms with E-state index in [1.807, 2.05) is 30.3 Å². The van der Waals surface area contributed by atoms with E-state index in [9.17, 15) is 4.79 Å². The fourth-order valence-electron chi connectivity index (χ4n) is 2.76. The molecule has 1 aliphatic heterocycles. The lowest BCUT2D eigenvalue weighted by Crippen LogP contribution is -2.13. The van der Waals surface area contributed by atoms with Gasteiger partial charge in [-0.05, 0) is 23.8 Å². The number of ether oxygens (including phenoxy) is 5. The predicted molar refractivity (Wildman–Crippen MR) is 104 cm³/mol. The molecule has 0 N–H and O–H groups in total. The van der Waals surface area contributed by atoms with Crippen molar-refractivity contribution in [1.29, 1.82) is 0 Å². The number of hydrogen-bond donors (Lipinski definition) is 0. The maximum absolute atomic E-state index is 12.6. The minimum atomic E-state index is 0.0326. The van der Waals surface area contributed by atoms with Crippen LogP contribution in [-0.4, -0.2) is 58.6 Å². The Morgan fingerprint density at radius 3 is 1.89 bits per heavy atom. The molecule has 28 heavy (non-hydrogen) atoms. The number of fused-ring (bicyclic) bond motifs is 1. The summed E-state index contributed by atoms with van der Waals surface area (Å²) in [5, 5.41) is 0. The first-order valence-electron chi connectivity index (χ1n) is 9.53. The summed E-state index contributed by atoms with van der Waals surface area (Å²) < 4.78 is 27.9. The van der Waals surface area contributed by atoms with E-state index in [1.54, 1.807) is 18.2 Å². The summed E-state index contributed by atoms with van der Waals surface area (Å²) in [5.41, 5.74) is 1.57. The molecular weight excluding hydrogens is 360 g/mol. The SMILES string of the molecule is O=C(Cc1ccccc1)c1ccc2c(c1)OCCOCCOCCOCCO2. The van der Waals surface area contributed by atoms with E-state index < -0.39 is 0 Å². The van der Waals surface area contributed by atoms with Crippen LogP contribution in [0.1, 0.15) is 15.9 Å². The van der Waals surface area contributed by atoms with Crippen LogP contribution >= 0.6 is 0 Å². The minimum Gasteiger partial charge on any atom is -0.487 e. The lowest BCUT2D eigenvalue weighted by atomic mass is 10.0.